The number of aliphatic imine (C=N–C) groups is 1. The summed E-state index contributed by atoms with van der Waals surface area (Å²) in [7, 11) is 0. The third-order valence-electron chi connectivity index (χ3n) is 4.87. The number of anilines is 1. The number of aromatic hydroxyl groups is 1. The number of carbonyl (C=O) groups excluding carboxylic acids is 2. The molecule has 3 aromatic rings. The van der Waals surface area contributed by atoms with Crippen LogP contribution in [0.25, 0.3) is 10.8 Å². The zero-order valence-corrected chi connectivity index (χ0v) is 17.1. The van der Waals surface area contributed by atoms with Crippen LogP contribution >= 0.6 is 12.2 Å². The number of thiocarbonyl (C=S) groups is 1. The number of phenolic OH excluding ortho intramolecular Hbond substituents is 1. The molecule has 0 spiro atoms. The average molecular weight is 417 g/mol. The summed E-state index contributed by atoms with van der Waals surface area (Å²) >= 11 is 5.32. The van der Waals surface area contributed by atoms with Crippen molar-refractivity contribution in [1.82, 2.24) is 5.32 Å². The number of carbonyl (C=O) groups is 2. The zero-order valence-electron chi connectivity index (χ0n) is 16.3. The lowest BCUT2D eigenvalue weighted by molar-refractivity contribution is -0.118. The molecule has 2 N–H and O–H groups in total. The second-order valence-corrected chi connectivity index (χ2v) is 7.44. The molecule has 0 aliphatic carbocycles. The maximum atomic E-state index is 12.8. The van der Waals surface area contributed by atoms with Crippen LogP contribution in [0.5, 0.6) is 5.75 Å². The Kier molecular flexibility index (Phi) is 5.29. The Labute approximate surface area is 178 Å². The molecule has 0 saturated carbocycles. The molecule has 0 aromatic heterocycles. The van der Waals surface area contributed by atoms with E-state index in [4.69, 9.17) is 12.2 Å². The Morgan fingerprint density at radius 2 is 1.77 bits per heavy atom. The van der Waals surface area contributed by atoms with Crippen molar-refractivity contribution in [3.05, 3.63) is 71.8 Å². The molecule has 150 valence electrons. The highest BCUT2D eigenvalue weighted by molar-refractivity contribution is 7.80. The predicted molar refractivity (Wildman–Crippen MR) is 121 cm³/mol. The van der Waals surface area contributed by atoms with E-state index in [0.717, 1.165) is 10.8 Å². The van der Waals surface area contributed by atoms with Crippen molar-refractivity contribution >= 4 is 51.2 Å². The summed E-state index contributed by atoms with van der Waals surface area (Å²) in [6.07, 6.45) is 0. The first-order valence-corrected chi connectivity index (χ1v) is 9.82. The van der Waals surface area contributed by atoms with Gasteiger partial charge in [-0.2, -0.15) is 0 Å². The second kappa shape index (κ2) is 8.04. The van der Waals surface area contributed by atoms with Crippen LogP contribution in [0.4, 0.5) is 5.69 Å². The van der Waals surface area contributed by atoms with E-state index in [-0.39, 0.29) is 41.4 Å². The molecule has 0 saturated heterocycles. The van der Waals surface area contributed by atoms with Crippen LogP contribution in [-0.2, 0) is 16.1 Å². The molecule has 0 fully saturated rings. The van der Waals surface area contributed by atoms with Gasteiger partial charge < -0.3 is 10.4 Å². The number of Topliss-reactive ketones (excluding diaryl/α,β-unsaturated/α-hetero) is 1. The minimum absolute atomic E-state index is 0.0139. The largest absolute Gasteiger partial charge is 0.508 e. The normalized spacial score (nSPS) is 14.2. The molecule has 0 unspecified atom stereocenters. The van der Waals surface area contributed by atoms with E-state index in [1.165, 1.54) is 11.8 Å². The second-order valence-electron chi connectivity index (χ2n) is 7.06. The lowest BCUT2D eigenvalue weighted by Crippen LogP contribution is -2.34. The number of para-hydroxylation sites is 1. The van der Waals surface area contributed by atoms with Gasteiger partial charge in [-0.3, -0.25) is 14.5 Å². The third kappa shape index (κ3) is 3.79. The maximum absolute atomic E-state index is 12.8. The van der Waals surface area contributed by atoms with Gasteiger partial charge in [-0.1, -0.05) is 42.5 Å². The Morgan fingerprint density at radius 3 is 2.50 bits per heavy atom. The van der Waals surface area contributed by atoms with Gasteiger partial charge in [-0.25, -0.2) is 4.99 Å². The summed E-state index contributed by atoms with van der Waals surface area (Å²) in [5.74, 6) is -0.317. The van der Waals surface area contributed by atoms with Crippen molar-refractivity contribution in [1.29, 1.82) is 0 Å². The van der Waals surface area contributed by atoms with Crippen LogP contribution in [0.15, 0.2) is 65.7 Å². The van der Waals surface area contributed by atoms with Crippen molar-refractivity contribution in [2.24, 2.45) is 4.99 Å². The van der Waals surface area contributed by atoms with E-state index >= 15 is 0 Å². The molecule has 1 aliphatic rings. The smallest absolute Gasteiger partial charge is 0.278 e. The van der Waals surface area contributed by atoms with Gasteiger partial charge in [0.25, 0.3) is 5.91 Å². The fraction of sp³-hybridized carbons (Fsp3) is 0.130. The van der Waals surface area contributed by atoms with Gasteiger partial charge in [0.2, 0.25) is 0 Å². The molecule has 30 heavy (non-hydrogen) atoms. The first kappa shape index (κ1) is 19.7. The van der Waals surface area contributed by atoms with Crippen LogP contribution in [-0.4, -0.2) is 34.2 Å². The number of amides is 1. The quantitative estimate of drug-likeness (QED) is 0.637. The van der Waals surface area contributed by atoms with Crippen molar-refractivity contribution in [3.8, 4) is 5.75 Å². The van der Waals surface area contributed by atoms with Crippen molar-refractivity contribution < 1.29 is 14.7 Å². The van der Waals surface area contributed by atoms with E-state index in [1.54, 1.807) is 24.3 Å². The van der Waals surface area contributed by atoms with Gasteiger partial charge in [0.05, 0.1) is 12.2 Å². The number of benzene rings is 3. The summed E-state index contributed by atoms with van der Waals surface area (Å²) < 4.78 is 0. The Bertz CT molecular complexity index is 1220. The minimum Gasteiger partial charge on any atom is -0.508 e. The van der Waals surface area contributed by atoms with Gasteiger partial charge in [-0.15, -0.1) is 0 Å². The van der Waals surface area contributed by atoms with Crippen molar-refractivity contribution in [3.63, 3.8) is 0 Å². The molecule has 1 heterocycles. The number of nitrogens with one attached hydrogen (secondary N) is 1. The Morgan fingerprint density at radius 1 is 1.10 bits per heavy atom. The molecular formula is C23H19N3O3S. The minimum atomic E-state index is -0.357. The summed E-state index contributed by atoms with van der Waals surface area (Å²) in [4.78, 5) is 30.1. The lowest BCUT2D eigenvalue weighted by Gasteiger charge is -2.14. The highest BCUT2D eigenvalue weighted by Gasteiger charge is 2.34. The van der Waals surface area contributed by atoms with Crippen molar-refractivity contribution in [2.75, 3.05) is 11.4 Å². The predicted octanol–water partition coefficient (Wildman–Crippen LogP) is 3.34. The first-order chi connectivity index (χ1) is 14.4. The van der Waals surface area contributed by atoms with E-state index in [9.17, 15) is 14.7 Å². The Hall–Kier alpha value is -3.58. The summed E-state index contributed by atoms with van der Waals surface area (Å²) in [6.45, 7) is 1.69. The molecule has 0 radical (unpaired) electrons. The standard InChI is InChI=1S/C23H19N3O3S/c1-14(27)13-26-19-9-5-4-8-18(19)21(22(26)29)25-23(30)24-12-17-10-15-6-2-3-7-16(15)11-20(17)28/h2-11,28H,12-13H2,1H3,(H,24,30). The number of rotatable bonds is 4. The van der Waals surface area contributed by atoms with Crippen LogP contribution in [0, 0.1) is 0 Å². The number of fused-ring (bicyclic) bond motifs is 2. The van der Waals surface area contributed by atoms with Gasteiger partial charge >= 0.3 is 0 Å². The SMILES string of the molecule is CC(=O)CN1C(=O)C(=NC(=S)NCc2cc3ccccc3cc2O)c2ccccc21. The van der Waals surface area contributed by atoms with Crippen LogP contribution in [0.1, 0.15) is 18.1 Å². The van der Waals surface area contributed by atoms with Gasteiger partial charge in [0.1, 0.15) is 17.2 Å². The van der Waals surface area contributed by atoms with Crippen LogP contribution in [0.3, 0.4) is 0 Å². The lowest BCUT2D eigenvalue weighted by atomic mass is 10.1. The highest BCUT2D eigenvalue weighted by atomic mass is 32.1. The number of phenols is 1. The average Bonchev–Trinajstić information content (AvgIpc) is 2.98. The summed E-state index contributed by atoms with van der Waals surface area (Å²) in [6, 6.07) is 18.5. The van der Waals surface area contributed by atoms with E-state index in [0.29, 0.717) is 16.8 Å². The van der Waals surface area contributed by atoms with Crippen LogP contribution < -0.4 is 10.2 Å². The zero-order chi connectivity index (χ0) is 21.3. The fourth-order valence-electron chi connectivity index (χ4n) is 3.48. The molecular weight excluding hydrogens is 398 g/mol. The maximum Gasteiger partial charge on any atom is 0.278 e. The number of hydrogen-bond acceptors (Lipinski definition) is 4. The van der Waals surface area contributed by atoms with Gasteiger partial charge in [0, 0.05) is 17.7 Å². The summed E-state index contributed by atoms with van der Waals surface area (Å²) in [5, 5.41) is 15.3. The number of hydrogen-bond donors (Lipinski definition) is 2. The topological polar surface area (TPSA) is 82.0 Å². The Balaban J connectivity index is 1.55. The van der Waals surface area contributed by atoms with Crippen molar-refractivity contribution in [2.45, 2.75) is 13.5 Å². The highest BCUT2D eigenvalue weighted by Crippen LogP contribution is 2.29. The van der Waals surface area contributed by atoms with E-state index < -0.39 is 0 Å². The van der Waals surface area contributed by atoms with Gasteiger partial charge in [0.15, 0.2) is 5.11 Å². The molecule has 6 nitrogen and oxygen atoms in total. The van der Waals surface area contributed by atoms with E-state index in [2.05, 4.69) is 10.3 Å². The molecule has 0 atom stereocenters. The molecule has 4 rings (SSSR count). The third-order valence-corrected chi connectivity index (χ3v) is 5.10. The fourth-order valence-corrected chi connectivity index (χ4v) is 3.64. The molecule has 7 heteroatoms. The van der Waals surface area contributed by atoms with Crippen LogP contribution in [0.2, 0.25) is 0 Å². The molecule has 3 aromatic carbocycles. The number of ketones is 1. The molecule has 1 amide bonds. The van der Waals surface area contributed by atoms with E-state index in [1.807, 2.05) is 36.4 Å². The van der Waals surface area contributed by atoms with Gasteiger partial charge in [-0.05, 0) is 48.1 Å². The number of nitrogens with zero attached hydrogens (tertiary/aromatic N) is 2. The monoisotopic (exact) mass is 417 g/mol. The first-order valence-electron chi connectivity index (χ1n) is 9.42. The molecule has 0 bridgehead atoms. The molecule has 1 aliphatic heterocycles. The summed E-state index contributed by atoms with van der Waals surface area (Å²) in [5.41, 5.74) is 2.16.